The quantitative estimate of drug-likeness (QED) is 0.503. The summed E-state index contributed by atoms with van der Waals surface area (Å²) in [5, 5.41) is 0. The van der Waals surface area contributed by atoms with Crippen molar-refractivity contribution < 1.29 is 4.84 Å². The lowest BCUT2D eigenvalue weighted by Crippen LogP contribution is -2.12. The van der Waals surface area contributed by atoms with Crippen LogP contribution in [-0.4, -0.2) is 12.6 Å². The Morgan fingerprint density at radius 1 is 2.00 bits per heavy atom. The molecule has 38 valence electrons. The maximum atomic E-state index is 4.62. The third kappa shape index (κ3) is 0.778. The first-order chi connectivity index (χ1) is 3.43. The first-order valence-corrected chi connectivity index (χ1v) is 1.98. The molecule has 1 N–H and O–H groups in total. The minimum atomic E-state index is 0.404. The van der Waals surface area contributed by atoms with Gasteiger partial charge < -0.3 is 0 Å². The monoisotopic (exact) mass is 98.0 g/mol. The van der Waals surface area contributed by atoms with Gasteiger partial charge in [0.2, 0.25) is 0 Å². The van der Waals surface area contributed by atoms with Gasteiger partial charge in [-0.05, 0) is 6.08 Å². The van der Waals surface area contributed by atoms with Crippen molar-refractivity contribution in [2.24, 2.45) is 4.99 Å². The largest absolute Gasteiger partial charge is 0.251 e. The average Bonchev–Trinajstić information content (AvgIpc) is 2.14. The lowest BCUT2D eigenvalue weighted by atomic mass is 10.6. The van der Waals surface area contributed by atoms with E-state index in [-0.39, 0.29) is 0 Å². The molecule has 0 radical (unpaired) electrons. The zero-order valence-electron chi connectivity index (χ0n) is 3.85. The molecule has 0 aliphatic carbocycles. The fraction of sp³-hybridized carbons (Fsp3) is 0.250. The third-order valence-corrected chi connectivity index (χ3v) is 0.670. The van der Waals surface area contributed by atoms with Crippen molar-refractivity contribution in [2.45, 2.75) is 0 Å². The summed E-state index contributed by atoms with van der Waals surface area (Å²) in [5.41, 5.74) is 2.54. The molecule has 0 unspecified atom stereocenters. The predicted molar refractivity (Wildman–Crippen MR) is 26.7 cm³/mol. The summed E-state index contributed by atoms with van der Waals surface area (Å²) in [6.45, 7) is 3.87. The summed E-state index contributed by atoms with van der Waals surface area (Å²) in [5.74, 6) is 0.708. The lowest BCUT2D eigenvalue weighted by molar-refractivity contribution is 0.115. The maximum absolute atomic E-state index is 4.62. The van der Waals surface area contributed by atoms with Gasteiger partial charge in [-0.3, -0.25) is 4.84 Å². The van der Waals surface area contributed by atoms with Crippen LogP contribution in [0.25, 0.3) is 0 Å². The van der Waals surface area contributed by atoms with Crippen molar-refractivity contribution >= 4 is 5.84 Å². The average molecular weight is 98.1 g/mol. The van der Waals surface area contributed by atoms with Gasteiger partial charge in [-0.25, -0.2) is 10.5 Å². The molecule has 0 aromatic heterocycles. The van der Waals surface area contributed by atoms with Gasteiger partial charge in [-0.1, -0.05) is 6.58 Å². The molecule has 1 aliphatic heterocycles. The van der Waals surface area contributed by atoms with Gasteiger partial charge in [0.25, 0.3) is 0 Å². The highest BCUT2D eigenvalue weighted by Gasteiger charge is 1.96. The van der Waals surface area contributed by atoms with Gasteiger partial charge >= 0.3 is 0 Å². The van der Waals surface area contributed by atoms with Gasteiger partial charge in [0.05, 0.1) is 0 Å². The van der Waals surface area contributed by atoms with E-state index in [1.165, 1.54) is 0 Å². The molecule has 0 fully saturated rings. The predicted octanol–water partition coefficient (Wildman–Crippen LogP) is 0.0632. The summed E-state index contributed by atoms with van der Waals surface area (Å²) < 4.78 is 0. The number of rotatable bonds is 1. The molecule has 0 aromatic carbocycles. The highest BCUT2D eigenvalue weighted by molar-refractivity contribution is 5.92. The van der Waals surface area contributed by atoms with E-state index in [1.807, 2.05) is 0 Å². The molecule has 3 nitrogen and oxygen atoms in total. The highest BCUT2D eigenvalue weighted by atomic mass is 16.7. The first kappa shape index (κ1) is 4.33. The van der Waals surface area contributed by atoms with Crippen LogP contribution in [0.15, 0.2) is 17.6 Å². The smallest absolute Gasteiger partial charge is 0.167 e. The van der Waals surface area contributed by atoms with Crippen molar-refractivity contribution in [1.29, 1.82) is 0 Å². The molecule has 1 rings (SSSR count). The summed E-state index contributed by atoms with van der Waals surface area (Å²) >= 11 is 0. The van der Waals surface area contributed by atoms with Gasteiger partial charge in [-0.15, -0.1) is 0 Å². The van der Waals surface area contributed by atoms with Crippen LogP contribution in [0.1, 0.15) is 0 Å². The Morgan fingerprint density at radius 3 is 3.14 bits per heavy atom. The van der Waals surface area contributed by atoms with Crippen LogP contribution >= 0.6 is 0 Å². The fourth-order valence-corrected chi connectivity index (χ4v) is 0.347. The molecule has 0 saturated heterocycles. The summed E-state index contributed by atoms with van der Waals surface area (Å²) in [6, 6.07) is 0. The number of nitrogens with zero attached hydrogens (tertiary/aromatic N) is 1. The van der Waals surface area contributed by atoms with Gasteiger partial charge in [-0.2, -0.15) is 0 Å². The Labute approximate surface area is 41.7 Å². The summed E-state index contributed by atoms with van der Waals surface area (Å²) in [6.07, 6.45) is 1.60. The minimum absolute atomic E-state index is 0.404. The molecule has 0 bridgehead atoms. The number of hydrogen-bond donors (Lipinski definition) is 1. The van der Waals surface area contributed by atoms with Gasteiger partial charge in [0, 0.05) is 0 Å². The van der Waals surface area contributed by atoms with Crippen LogP contribution < -0.4 is 5.48 Å². The van der Waals surface area contributed by atoms with E-state index in [4.69, 9.17) is 0 Å². The zero-order chi connectivity index (χ0) is 5.11. The normalized spacial score (nSPS) is 18.0. The van der Waals surface area contributed by atoms with Crippen molar-refractivity contribution in [2.75, 3.05) is 6.73 Å². The van der Waals surface area contributed by atoms with E-state index in [0.29, 0.717) is 12.6 Å². The van der Waals surface area contributed by atoms with Crippen molar-refractivity contribution in [3.63, 3.8) is 0 Å². The minimum Gasteiger partial charge on any atom is -0.251 e. The van der Waals surface area contributed by atoms with Crippen molar-refractivity contribution in [1.82, 2.24) is 5.48 Å². The molecule has 0 saturated carbocycles. The topological polar surface area (TPSA) is 33.6 Å². The second-order valence-corrected chi connectivity index (χ2v) is 1.12. The molecule has 7 heavy (non-hydrogen) atoms. The van der Waals surface area contributed by atoms with Crippen molar-refractivity contribution in [3.8, 4) is 0 Å². The van der Waals surface area contributed by atoms with E-state index in [1.54, 1.807) is 6.08 Å². The summed E-state index contributed by atoms with van der Waals surface area (Å²) in [4.78, 5) is 8.44. The standard InChI is InChI=1S/C4H6N2O/c1-2-4-5-3-7-6-4/h2H,1,3H2,(H,5,6). The number of amidine groups is 1. The van der Waals surface area contributed by atoms with E-state index in [2.05, 4.69) is 21.9 Å². The highest BCUT2D eigenvalue weighted by Crippen LogP contribution is 1.84. The molecule has 0 amide bonds. The van der Waals surface area contributed by atoms with Crippen molar-refractivity contribution in [3.05, 3.63) is 12.7 Å². The molecular weight excluding hydrogens is 92.1 g/mol. The molecule has 1 heterocycles. The fourth-order valence-electron chi connectivity index (χ4n) is 0.347. The van der Waals surface area contributed by atoms with Crippen LogP contribution in [0.5, 0.6) is 0 Å². The van der Waals surface area contributed by atoms with E-state index >= 15 is 0 Å². The first-order valence-electron chi connectivity index (χ1n) is 1.98. The van der Waals surface area contributed by atoms with E-state index in [0.717, 1.165) is 0 Å². The van der Waals surface area contributed by atoms with Crippen LogP contribution in [0.2, 0.25) is 0 Å². The number of hydroxylamine groups is 1. The Morgan fingerprint density at radius 2 is 2.86 bits per heavy atom. The van der Waals surface area contributed by atoms with E-state index in [9.17, 15) is 0 Å². The summed E-state index contributed by atoms with van der Waals surface area (Å²) in [7, 11) is 0. The zero-order valence-corrected chi connectivity index (χ0v) is 3.85. The number of nitrogens with one attached hydrogen (secondary N) is 1. The second kappa shape index (κ2) is 1.75. The Kier molecular flexibility index (Phi) is 1.08. The second-order valence-electron chi connectivity index (χ2n) is 1.12. The van der Waals surface area contributed by atoms with E-state index < -0.39 is 0 Å². The lowest BCUT2D eigenvalue weighted by Gasteiger charge is -1.87. The molecule has 3 heteroatoms. The maximum Gasteiger partial charge on any atom is 0.167 e. The molecule has 1 aliphatic rings. The van der Waals surface area contributed by atoms with Gasteiger partial charge in [0.15, 0.2) is 6.73 Å². The van der Waals surface area contributed by atoms with Crippen LogP contribution in [0, 0.1) is 0 Å². The number of hydrogen-bond acceptors (Lipinski definition) is 3. The van der Waals surface area contributed by atoms with Crippen LogP contribution in [-0.2, 0) is 4.84 Å². The van der Waals surface area contributed by atoms with Crippen LogP contribution in [0.4, 0.5) is 0 Å². The van der Waals surface area contributed by atoms with Crippen LogP contribution in [0.3, 0.4) is 0 Å². The third-order valence-electron chi connectivity index (χ3n) is 0.670. The molecular formula is C4H6N2O. The Balaban J connectivity index is 2.51. The van der Waals surface area contributed by atoms with Gasteiger partial charge in [0.1, 0.15) is 5.84 Å². The SMILES string of the molecule is C=CC1=NCON1. The number of aliphatic imine (C=N–C) groups is 1. The Bertz CT molecular complexity index is 108. The molecule has 0 aromatic rings. The molecule has 0 spiro atoms. The molecule has 0 atom stereocenters. The Hall–Kier alpha value is -0.830.